The van der Waals surface area contributed by atoms with Gasteiger partial charge in [0.05, 0.1) is 0 Å². The van der Waals surface area contributed by atoms with Crippen LogP contribution >= 0.6 is 11.6 Å². The molecule has 0 saturated carbocycles. The van der Waals surface area contributed by atoms with Crippen LogP contribution in [0.5, 0.6) is 5.75 Å². The average Bonchev–Trinajstić information content (AvgIpc) is 2.60. The van der Waals surface area contributed by atoms with Crippen molar-refractivity contribution in [1.29, 1.82) is 0 Å². The Morgan fingerprint density at radius 3 is 2.48 bits per heavy atom. The van der Waals surface area contributed by atoms with Crippen LogP contribution in [-0.4, -0.2) is 11.8 Å². The maximum atomic E-state index is 12.2. The van der Waals surface area contributed by atoms with Gasteiger partial charge in [-0.15, -0.1) is 11.6 Å². The molecule has 0 fully saturated rings. The number of ketones is 1. The van der Waals surface area contributed by atoms with Crippen LogP contribution in [0.25, 0.3) is 11.0 Å². The molecule has 0 saturated heterocycles. The number of benzene rings is 2. The van der Waals surface area contributed by atoms with Crippen LogP contribution in [0.1, 0.15) is 28.2 Å². The third kappa shape index (κ3) is 3.61. The van der Waals surface area contributed by atoms with Gasteiger partial charge in [-0.25, -0.2) is 9.59 Å². The summed E-state index contributed by atoms with van der Waals surface area (Å²) in [7, 11) is 0. The van der Waals surface area contributed by atoms with Crippen LogP contribution in [0.4, 0.5) is 0 Å². The first-order valence-corrected chi connectivity index (χ1v) is 7.89. The van der Waals surface area contributed by atoms with E-state index in [0.717, 1.165) is 0 Å². The maximum Gasteiger partial charge on any atom is 0.347 e. The molecule has 6 heteroatoms. The van der Waals surface area contributed by atoms with Crippen molar-refractivity contribution in [3.63, 3.8) is 0 Å². The summed E-state index contributed by atoms with van der Waals surface area (Å²) in [6.07, 6.45) is 0. The Bertz CT molecular complexity index is 1010. The Morgan fingerprint density at radius 2 is 1.80 bits per heavy atom. The number of esters is 1. The molecule has 0 N–H and O–H groups in total. The van der Waals surface area contributed by atoms with Crippen molar-refractivity contribution < 1.29 is 18.7 Å². The normalized spacial score (nSPS) is 11.9. The third-order valence-electron chi connectivity index (χ3n) is 3.60. The van der Waals surface area contributed by atoms with Gasteiger partial charge in [-0.2, -0.15) is 0 Å². The molecular formula is C19H13ClO5. The Morgan fingerprint density at radius 1 is 1.08 bits per heavy atom. The molecule has 0 amide bonds. The summed E-state index contributed by atoms with van der Waals surface area (Å²) in [6, 6.07) is 14.8. The summed E-state index contributed by atoms with van der Waals surface area (Å²) >= 11 is 6.12. The first kappa shape index (κ1) is 16.9. The molecule has 1 unspecified atom stereocenters. The summed E-state index contributed by atoms with van der Waals surface area (Å²) in [5, 5.41) is -0.404. The van der Waals surface area contributed by atoms with Crippen LogP contribution in [0.2, 0.25) is 0 Å². The number of fused-ring (bicyclic) bond motifs is 1. The molecular weight excluding hydrogens is 344 g/mol. The van der Waals surface area contributed by atoms with Crippen molar-refractivity contribution in [2.24, 2.45) is 0 Å². The molecule has 3 rings (SSSR count). The minimum absolute atomic E-state index is 0.0258. The molecule has 0 spiro atoms. The zero-order valence-corrected chi connectivity index (χ0v) is 13.9. The Balaban J connectivity index is 1.87. The van der Waals surface area contributed by atoms with Gasteiger partial charge in [0.15, 0.2) is 11.2 Å². The SMILES string of the molecule is CC(=O)c1cc2ccc(OC(=O)C(Cl)c3ccccc3)cc2oc1=O. The van der Waals surface area contributed by atoms with Crippen molar-refractivity contribution >= 4 is 34.3 Å². The molecule has 0 bridgehead atoms. The van der Waals surface area contributed by atoms with Gasteiger partial charge < -0.3 is 9.15 Å². The first-order chi connectivity index (χ1) is 12.0. The van der Waals surface area contributed by atoms with E-state index in [9.17, 15) is 14.4 Å². The van der Waals surface area contributed by atoms with Gasteiger partial charge in [0.2, 0.25) is 0 Å². The molecule has 25 heavy (non-hydrogen) atoms. The van der Waals surface area contributed by atoms with E-state index in [-0.39, 0.29) is 22.7 Å². The zero-order chi connectivity index (χ0) is 18.0. The molecule has 0 aliphatic rings. The maximum absolute atomic E-state index is 12.2. The van der Waals surface area contributed by atoms with Crippen LogP contribution in [0.15, 0.2) is 63.8 Å². The molecule has 0 aliphatic heterocycles. The highest BCUT2D eigenvalue weighted by Gasteiger charge is 2.20. The molecule has 0 aliphatic carbocycles. The predicted octanol–water partition coefficient (Wildman–Crippen LogP) is 3.88. The summed E-state index contributed by atoms with van der Waals surface area (Å²) in [6.45, 7) is 1.29. The average molecular weight is 357 g/mol. The molecule has 3 aromatic rings. The lowest BCUT2D eigenvalue weighted by Gasteiger charge is -2.10. The lowest BCUT2D eigenvalue weighted by molar-refractivity contribution is -0.134. The zero-order valence-electron chi connectivity index (χ0n) is 13.2. The number of halogens is 1. The van der Waals surface area contributed by atoms with Crippen LogP contribution in [0.3, 0.4) is 0 Å². The van der Waals surface area contributed by atoms with Crippen molar-refractivity contribution in [1.82, 2.24) is 0 Å². The highest BCUT2D eigenvalue weighted by molar-refractivity contribution is 6.30. The fraction of sp³-hybridized carbons (Fsp3) is 0.105. The largest absolute Gasteiger partial charge is 0.425 e. The number of hydrogen-bond donors (Lipinski definition) is 0. The number of Topliss-reactive ketones (excluding diaryl/α,β-unsaturated/α-hetero) is 1. The quantitative estimate of drug-likeness (QED) is 0.233. The van der Waals surface area contributed by atoms with Crippen LogP contribution < -0.4 is 10.4 Å². The van der Waals surface area contributed by atoms with Gasteiger partial charge in [0.25, 0.3) is 0 Å². The number of ether oxygens (including phenoxy) is 1. The Labute approximate surface area is 147 Å². The number of carbonyl (C=O) groups is 2. The van der Waals surface area contributed by atoms with Gasteiger partial charge in [0.1, 0.15) is 16.9 Å². The van der Waals surface area contributed by atoms with Gasteiger partial charge in [0, 0.05) is 11.5 Å². The molecule has 126 valence electrons. The van der Waals surface area contributed by atoms with E-state index in [1.165, 1.54) is 19.1 Å². The lowest BCUT2D eigenvalue weighted by atomic mass is 10.1. The minimum Gasteiger partial charge on any atom is -0.425 e. The van der Waals surface area contributed by atoms with Crippen LogP contribution in [0, 0.1) is 0 Å². The van der Waals surface area contributed by atoms with Crippen molar-refractivity contribution in [3.8, 4) is 5.75 Å². The lowest BCUT2D eigenvalue weighted by Crippen LogP contribution is -2.14. The van der Waals surface area contributed by atoms with Crippen molar-refractivity contribution in [3.05, 3.63) is 76.1 Å². The first-order valence-electron chi connectivity index (χ1n) is 7.45. The fourth-order valence-corrected chi connectivity index (χ4v) is 2.52. The van der Waals surface area contributed by atoms with Crippen molar-refractivity contribution in [2.75, 3.05) is 0 Å². The minimum atomic E-state index is -0.955. The van der Waals surface area contributed by atoms with Gasteiger partial charge >= 0.3 is 11.6 Å². The highest BCUT2D eigenvalue weighted by atomic mass is 35.5. The van der Waals surface area contributed by atoms with E-state index < -0.39 is 17.0 Å². The number of rotatable bonds is 4. The standard InChI is InChI=1S/C19H13ClO5/c1-11(21)15-9-13-7-8-14(10-16(13)25-18(15)22)24-19(23)17(20)12-5-3-2-4-6-12/h2-10,17H,1H3. The molecule has 1 aromatic heterocycles. The summed E-state index contributed by atoms with van der Waals surface area (Å²) in [4.78, 5) is 35.3. The molecule has 1 heterocycles. The second-order valence-corrected chi connectivity index (χ2v) is 5.83. The second-order valence-electron chi connectivity index (χ2n) is 5.40. The Hall–Kier alpha value is -2.92. The molecule has 5 nitrogen and oxygen atoms in total. The van der Waals surface area contributed by atoms with E-state index in [2.05, 4.69) is 0 Å². The van der Waals surface area contributed by atoms with E-state index in [4.69, 9.17) is 20.8 Å². The van der Waals surface area contributed by atoms with Crippen molar-refractivity contribution in [2.45, 2.75) is 12.3 Å². The van der Waals surface area contributed by atoms with Gasteiger partial charge in [-0.05, 0) is 30.7 Å². The summed E-state index contributed by atoms with van der Waals surface area (Å²) in [5.41, 5.74) is 0.0730. The van der Waals surface area contributed by atoms with E-state index in [1.54, 1.807) is 36.4 Å². The number of hydrogen-bond acceptors (Lipinski definition) is 5. The topological polar surface area (TPSA) is 73.6 Å². The highest BCUT2D eigenvalue weighted by Crippen LogP contribution is 2.25. The van der Waals surface area contributed by atoms with E-state index in [0.29, 0.717) is 10.9 Å². The molecule has 2 aromatic carbocycles. The third-order valence-corrected chi connectivity index (χ3v) is 4.03. The smallest absolute Gasteiger partial charge is 0.347 e. The van der Waals surface area contributed by atoms with Gasteiger partial charge in [-0.1, -0.05) is 30.3 Å². The van der Waals surface area contributed by atoms with Crippen LogP contribution in [-0.2, 0) is 4.79 Å². The molecule has 0 radical (unpaired) electrons. The Kier molecular flexibility index (Phi) is 4.67. The summed E-state index contributed by atoms with van der Waals surface area (Å²) in [5.74, 6) is -0.827. The fourth-order valence-electron chi connectivity index (χ4n) is 2.33. The van der Waals surface area contributed by atoms with E-state index in [1.807, 2.05) is 6.07 Å². The van der Waals surface area contributed by atoms with Gasteiger partial charge in [-0.3, -0.25) is 4.79 Å². The number of carbonyl (C=O) groups excluding carboxylic acids is 2. The molecule has 1 atom stereocenters. The second kappa shape index (κ2) is 6.91. The predicted molar refractivity (Wildman–Crippen MR) is 93.2 cm³/mol. The van der Waals surface area contributed by atoms with E-state index >= 15 is 0 Å². The number of alkyl halides is 1. The summed E-state index contributed by atoms with van der Waals surface area (Å²) < 4.78 is 10.4. The monoisotopic (exact) mass is 356 g/mol.